The first-order valence-electron chi connectivity index (χ1n) is 10.4. The van der Waals surface area contributed by atoms with E-state index in [-0.39, 0.29) is 15.6 Å². The van der Waals surface area contributed by atoms with Crippen molar-refractivity contribution in [2.45, 2.75) is 17.6 Å². The van der Waals surface area contributed by atoms with Gasteiger partial charge in [-0.05, 0) is 55.0 Å². The lowest BCUT2D eigenvalue weighted by Gasteiger charge is -2.25. The molecule has 0 bridgehead atoms. The third-order valence-corrected chi connectivity index (χ3v) is 8.99. The van der Waals surface area contributed by atoms with Crippen LogP contribution in [0.1, 0.15) is 11.1 Å². The summed E-state index contributed by atoms with van der Waals surface area (Å²) in [5, 5.41) is 4.22. The average Bonchev–Trinajstić information content (AvgIpc) is 2.81. The third kappa shape index (κ3) is 7.68. The number of benzene rings is 3. The van der Waals surface area contributed by atoms with Crippen molar-refractivity contribution in [3.63, 3.8) is 0 Å². The van der Waals surface area contributed by atoms with Gasteiger partial charge in [0.05, 0.1) is 25.7 Å². The van der Waals surface area contributed by atoms with E-state index in [0.717, 1.165) is 15.4 Å². The summed E-state index contributed by atoms with van der Waals surface area (Å²) in [6.45, 7) is 1.76. The molecule has 0 spiro atoms. The van der Waals surface area contributed by atoms with Crippen LogP contribution in [0.25, 0.3) is 0 Å². The van der Waals surface area contributed by atoms with E-state index in [2.05, 4.69) is 5.32 Å². The molecule has 11 heteroatoms. The fourth-order valence-corrected chi connectivity index (χ4v) is 6.08. The summed E-state index contributed by atoms with van der Waals surface area (Å²) in [5.41, 5.74) is 2.05. The van der Waals surface area contributed by atoms with Gasteiger partial charge >= 0.3 is 0 Å². The number of sulfonamides is 1. The second-order valence-corrected chi connectivity index (χ2v) is 12.2. The van der Waals surface area contributed by atoms with Crippen LogP contribution in [0.5, 0.6) is 0 Å². The van der Waals surface area contributed by atoms with Crippen LogP contribution >= 0.6 is 58.2 Å². The minimum Gasteiger partial charge on any atom is -0.354 e. The number of anilines is 1. The maximum absolute atomic E-state index is 13.4. The van der Waals surface area contributed by atoms with Crippen LogP contribution in [-0.4, -0.2) is 33.2 Å². The first kappa shape index (κ1) is 28.0. The van der Waals surface area contributed by atoms with E-state index >= 15 is 0 Å². The van der Waals surface area contributed by atoms with Crippen LogP contribution in [0.15, 0.2) is 65.6 Å². The quantitative estimate of drug-likeness (QED) is 0.262. The average molecular weight is 592 g/mol. The highest BCUT2D eigenvalue weighted by atomic mass is 35.5. The lowest BCUT2D eigenvalue weighted by Crippen LogP contribution is -2.41. The number of nitrogens with zero attached hydrogens (tertiary/aromatic N) is 1. The van der Waals surface area contributed by atoms with Crippen LogP contribution in [0.4, 0.5) is 5.69 Å². The molecule has 0 radical (unpaired) electrons. The highest BCUT2D eigenvalue weighted by Gasteiger charge is 2.29. The van der Waals surface area contributed by atoms with Crippen LogP contribution < -0.4 is 9.62 Å². The summed E-state index contributed by atoms with van der Waals surface area (Å²) in [6.07, 6.45) is 0. The Hall–Kier alpha value is -1.61. The Morgan fingerprint density at radius 1 is 0.914 bits per heavy atom. The molecular weight excluding hydrogens is 570 g/mol. The Morgan fingerprint density at radius 2 is 1.60 bits per heavy atom. The normalized spacial score (nSPS) is 11.3. The summed E-state index contributed by atoms with van der Waals surface area (Å²) in [6, 6.07) is 16.3. The Bertz CT molecular complexity index is 1300. The fraction of sp³-hybridized carbons (Fsp3) is 0.208. The smallest absolute Gasteiger partial charge is 0.264 e. The number of carbonyl (C=O) groups is 1. The molecular formula is C24H22Cl4N2O3S2. The maximum atomic E-state index is 13.4. The van der Waals surface area contributed by atoms with E-state index in [0.29, 0.717) is 33.1 Å². The summed E-state index contributed by atoms with van der Waals surface area (Å²) in [7, 11) is -4.08. The molecule has 0 saturated carbocycles. The second-order valence-electron chi connectivity index (χ2n) is 7.57. The highest BCUT2D eigenvalue weighted by Crippen LogP contribution is 2.33. The Morgan fingerprint density at radius 3 is 2.29 bits per heavy atom. The Labute approximate surface area is 229 Å². The molecule has 0 fully saturated rings. The van der Waals surface area contributed by atoms with Crippen molar-refractivity contribution in [3.05, 3.63) is 91.9 Å². The van der Waals surface area contributed by atoms with Gasteiger partial charge < -0.3 is 5.32 Å². The minimum atomic E-state index is -4.08. The lowest BCUT2D eigenvalue weighted by molar-refractivity contribution is -0.119. The monoisotopic (exact) mass is 590 g/mol. The van der Waals surface area contributed by atoms with Gasteiger partial charge in [0, 0.05) is 23.1 Å². The number of hydrogen-bond donors (Lipinski definition) is 1. The van der Waals surface area contributed by atoms with E-state index in [4.69, 9.17) is 46.4 Å². The zero-order valence-electron chi connectivity index (χ0n) is 18.6. The molecule has 186 valence electrons. The molecule has 3 aromatic carbocycles. The molecule has 3 aromatic rings. The van der Waals surface area contributed by atoms with E-state index in [9.17, 15) is 13.2 Å². The molecule has 5 nitrogen and oxygen atoms in total. The molecule has 1 amide bonds. The summed E-state index contributed by atoms with van der Waals surface area (Å²) >= 11 is 26.0. The molecule has 3 rings (SSSR count). The molecule has 0 aliphatic carbocycles. The number of carbonyl (C=O) groups excluding carboxylic acids is 1. The van der Waals surface area contributed by atoms with Crippen LogP contribution in [0, 0.1) is 6.92 Å². The van der Waals surface area contributed by atoms with Crippen molar-refractivity contribution in [2.75, 3.05) is 23.1 Å². The number of thioether (sulfide) groups is 1. The predicted octanol–water partition coefficient (Wildman–Crippen LogP) is 6.85. The van der Waals surface area contributed by atoms with Gasteiger partial charge in [-0.2, -0.15) is 11.8 Å². The van der Waals surface area contributed by atoms with Gasteiger partial charge in [0.25, 0.3) is 10.0 Å². The van der Waals surface area contributed by atoms with Crippen molar-refractivity contribution in [1.82, 2.24) is 5.32 Å². The second kappa shape index (κ2) is 12.6. The van der Waals surface area contributed by atoms with Gasteiger partial charge in [-0.15, -0.1) is 0 Å². The van der Waals surface area contributed by atoms with Crippen LogP contribution in [0.3, 0.4) is 0 Å². The lowest BCUT2D eigenvalue weighted by atomic mass is 10.2. The zero-order chi connectivity index (χ0) is 25.6. The molecule has 0 aliphatic rings. The van der Waals surface area contributed by atoms with Gasteiger partial charge in [-0.3, -0.25) is 9.10 Å². The number of hydrogen-bond acceptors (Lipinski definition) is 4. The molecule has 0 heterocycles. The number of aryl methyl sites for hydroxylation is 1. The largest absolute Gasteiger partial charge is 0.354 e. The minimum absolute atomic E-state index is 0.0455. The summed E-state index contributed by atoms with van der Waals surface area (Å²) in [4.78, 5) is 12.8. The van der Waals surface area contributed by atoms with Crippen molar-refractivity contribution in [3.8, 4) is 0 Å². The van der Waals surface area contributed by atoms with Gasteiger partial charge in [-0.25, -0.2) is 8.42 Å². The van der Waals surface area contributed by atoms with E-state index in [1.54, 1.807) is 42.1 Å². The highest BCUT2D eigenvalue weighted by molar-refractivity contribution is 7.98. The van der Waals surface area contributed by atoms with Gasteiger partial charge in [0.1, 0.15) is 6.54 Å². The first-order valence-corrected chi connectivity index (χ1v) is 14.5. The summed E-state index contributed by atoms with van der Waals surface area (Å²) in [5.74, 6) is 0.847. The molecule has 0 atom stereocenters. The first-order chi connectivity index (χ1) is 16.6. The van der Waals surface area contributed by atoms with Gasteiger partial charge in [0.15, 0.2) is 0 Å². The maximum Gasteiger partial charge on any atom is 0.264 e. The molecule has 35 heavy (non-hydrogen) atoms. The topological polar surface area (TPSA) is 66.5 Å². The fourth-order valence-electron chi connectivity index (χ4n) is 3.08. The Kier molecular flexibility index (Phi) is 10.0. The van der Waals surface area contributed by atoms with E-state index in [1.807, 2.05) is 13.0 Å². The SMILES string of the molecule is Cc1ccc(S(=O)(=O)N(CC(=O)NCCSCc2ccc(Cl)c(Cl)c2)c2cc(Cl)ccc2Cl)cc1. The van der Waals surface area contributed by atoms with E-state index < -0.39 is 22.5 Å². The molecule has 0 aromatic heterocycles. The molecule has 1 N–H and O–H groups in total. The molecule has 0 aliphatic heterocycles. The van der Waals surface area contributed by atoms with Crippen molar-refractivity contribution < 1.29 is 13.2 Å². The van der Waals surface area contributed by atoms with Crippen LogP contribution in [0.2, 0.25) is 20.1 Å². The summed E-state index contributed by atoms with van der Waals surface area (Å²) < 4.78 is 27.9. The number of halogens is 4. The third-order valence-electron chi connectivity index (χ3n) is 4.89. The molecule has 0 saturated heterocycles. The van der Waals surface area contributed by atoms with Gasteiger partial charge in [-0.1, -0.05) is 70.2 Å². The molecule has 0 unspecified atom stereocenters. The van der Waals surface area contributed by atoms with Crippen molar-refractivity contribution >= 4 is 79.8 Å². The number of nitrogens with one attached hydrogen (secondary N) is 1. The zero-order valence-corrected chi connectivity index (χ0v) is 23.3. The number of rotatable bonds is 10. The Balaban J connectivity index is 1.68. The standard InChI is InChI=1S/C24H22Cl4N2O3S2/c1-16-2-6-19(7-3-16)35(32,33)30(23-13-18(25)5-9-21(23)27)14-24(31)29-10-11-34-15-17-4-8-20(26)22(28)12-17/h2-9,12-13H,10-11,14-15H2,1H3,(H,29,31). The number of amides is 1. The predicted molar refractivity (Wildman–Crippen MR) is 148 cm³/mol. The van der Waals surface area contributed by atoms with Gasteiger partial charge in [0.2, 0.25) is 5.91 Å². The van der Waals surface area contributed by atoms with Crippen LogP contribution in [-0.2, 0) is 20.6 Å². The van der Waals surface area contributed by atoms with Crippen molar-refractivity contribution in [1.29, 1.82) is 0 Å². The van der Waals surface area contributed by atoms with E-state index in [1.165, 1.54) is 24.3 Å². The van der Waals surface area contributed by atoms with Crippen molar-refractivity contribution in [2.24, 2.45) is 0 Å².